The molecule has 1 aromatic carbocycles. The van der Waals surface area contributed by atoms with Gasteiger partial charge in [-0.3, -0.25) is 0 Å². The van der Waals surface area contributed by atoms with Crippen LogP contribution in [-0.4, -0.2) is 16.7 Å². The molecule has 4 heteroatoms. The molecule has 0 saturated heterocycles. The fraction of sp³-hybridized carbons (Fsp3) is 0.533. The molecule has 1 aromatic heterocycles. The summed E-state index contributed by atoms with van der Waals surface area (Å²) < 4.78 is 7.44. The van der Waals surface area contributed by atoms with Crippen LogP contribution in [0.15, 0.2) is 18.2 Å². The summed E-state index contributed by atoms with van der Waals surface area (Å²) in [6.45, 7) is 2.22. The molecule has 1 unspecified atom stereocenters. The molecular weight excluding hydrogens is 238 g/mol. The predicted octanol–water partition coefficient (Wildman–Crippen LogP) is 3.38. The fourth-order valence-corrected chi connectivity index (χ4v) is 2.80. The first-order valence-corrected chi connectivity index (χ1v) is 7.04. The van der Waals surface area contributed by atoms with E-state index in [4.69, 9.17) is 10.5 Å². The second kappa shape index (κ2) is 4.76. The molecule has 0 spiro atoms. The molecule has 19 heavy (non-hydrogen) atoms. The zero-order chi connectivity index (χ0) is 13.4. The third kappa shape index (κ3) is 2.27. The van der Waals surface area contributed by atoms with Gasteiger partial charge >= 0.3 is 0 Å². The Balaban J connectivity index is 2.02. The van der Waals surface area contributed by atoms with Crippen LogP contribution in [0.3, 0.4) is 0 Å². The zero-order valence-electron chi connectivity index (χ0n) is 11.6. The van der Waals surface area contributed by atoms with Gasteiger partial charge in [0.15, 0.2) is 0 Å². The van der Waals surface area contributed by atoms with Crippen LogP contribution in [-0.2, 0) is 0 Å². The Bertz CT molecular complexity index is 586. The van der Waals surface area contributed by atoms with Crippen LogP contribution in [0.2, 0.25) is 0 Å². The van der Waals surface area contributed by atoms with Gasteiger partial charge < -0.3 is 15.0 Å². The van der Waals surface area contributed by atoms with E-state index in [0.717, 1.165) is 29.1 Å². The largest absolute Gasteiger partial charge is 0.497 e. The van der Waals surface area contributed by atoms with Gasteiger partial charge in [0.1, 0.15) is 5.75 Å². The SMILES string of the molecule is CCC(CC1CC1)n1c(N)nc2cc(OC)ccc21. The minimum atomic E-state index is 0.464. The molecule has 2 N–H and O–H groups in total. The first-order valence-electron chi connectivity index (χ1n) is 7.04. The summed E-state index contributed by atoms with van der Waals surface area (Å²) in [5, 5.41) is 0. The minimum absolute atomic E-state index is 0.464. The minimum Gasteiger partial charge on any atom is -0.497 e. The Morgan fingerprint density at radius 3 is 2.89 bits per heavy atom. The molecule has 1 heterocycles. The summed E-state index contributed by atoms with van der Waals surface area (Å²) in [4.78, 5) is 4.48. The van der Waals surface area contributed by atoms with Gasteiger partial charge in [0.2, 0.25) is 5.95 Å². The van der Waals surface area contributed by atoms with Gasteiger partial charge in [0.05, 0.1) is 18.1 Å². The summed E-state index contributed by atoms with van der Waals surface area (Å²) in [5.74, 6) is 2.34. The van der Waals surface area contributed by atoms with Crippen molar-refractivity contribution in [2.45, 2.75) is 38.6 Å². The second-order valence-corrected chi connectivity index (χ2v) is 5.44. The van der Waals surface area contributed by atoms with Gasteiger partial charge in [-0.15, -0.1) is 0 Å². The normalized spacial score (nSPS) is 16.7. The van der Waals surface area contributed by atoms with Crippen LogP contribution in [0, 0.1) is 5.92 Å². The first-order chi connectivity index (χ1) is 9.22. The lowest BCUT2D eigenvalue weighted by atomic mass is 10.1. The number of imidazole rings is 1. The highest BCUT2D eigenvalue weighted by Gasteiger charge is 2.27. The number of hydrogen-bond acceptors (Lipinski definition) is 3. The molecule has 0 bridgehead atoms. The third-order valence-electron chi connectivity index (χ3n) is 4.06. The van der Waals surface area contributed by atoms with Crippen molar-refractivity contribution in [2.75, 3.05) is 12.8 Å². The van der Waals surface area contributed by atoms with Crippen molar-refractivity contribution in [3.63, 3.8) is 0 Å². The molecule has 0 amide bonds. The van der Waals surface area contributed by atoms with E-state index in [1.54, 1.807) is 7.11 Å². The van der Waals surface area contributed by atoms with E-state index >= 15 is 0 Å². The number of nitrogens with zero attached hydrogens (tertiary/aromatic N) is 2. The van der Waals surface area contributed by atoms with Crippen LogP contribution < -0.4 is 10.5 Å². The number of anilines is 1. The topological polar surface area (TPSA) is 53.1 Å². The van der Waals surface area contributed by atoms with E-state index in [-0.39, 0.29) is 0 Å². The van der Waals surface area contributed by atoms with Gasteiger partial charge in [-0.05, 0) is 30.9 Å². The molecular formula is C15H21N3O. The number of benzene rings is 1. The highest BCUT2D eigenvalue weighted by molar-refractivity contribution is 5.80. The van der Waals surface area contributed by atoms with Crippen molar-refractivity contribution in [3.8, 4) is 5.75 Å². The number of methoxy groups -OCH3 is 1. The van der Waals surface area contributed by atoms with Gasteiger partial charge in [-0.1, -0.05) is 19.8 Å². The van der Waals surface area contributed by atoms with E-state index in [2.05, 4.69) is 22.5 Å². The lowest BCUT2D eigenvalue weighted by molar-refractivity contribution is 0.415. The molecule has 1 atom stereocenters. The van der Waals surface area contributed by atoms with Crippen LogP contribution in [0.1, 0.15) is 38.6 Å². The van der Waals surface area contributed by atoms with Gasteiger partial charge in [0, 0.05) is 12.1 Å². The maximum absolute atomic E-state index is 6.13. The lowest BCUT2D eigenvalue weighted by Gasteiger charge is -2.18. The molecule has 0 radical (unpaired) electrons. The smallest absolute Gasteiger partial charge is 0.201 e. The predicted molar refractivity (Wildman–Crippen MR) is 77.4 cm³/mol. The van der Waals surface area contributed by atoms with Gasteiger partial charge in [-0.2, -0.15) is 0 Å². The summed E-state index contributed by atoms with van der Waals surface area (Å²) in [6, 6.07) is 6.45. The molecule has 3 rings (SSSR count). The average molecular weight is 259 g/mol. The Labute approximate surface area is 113 Å². The highest BCUT2D eigenvalue weighted by Crippen LogP contribution is 2.39. The maximum Gasteiger partial charge on any atom is 0.201 e. The fourth-order valence-electron chi connectivity index (χ4n) is 2.80. The molecule has 4 nitrogen and oxygen atoms in total. The number of fused-ring (bicyclic) bond motifs is 1. The average Bonchev–Trinajstić information content (AvgIpc) is 3.17. The van der Waals surface area contributed by atoms with Crippen molar-refractivity contribution in [3.05, 3.63) is 18.2 Å². The molecule has 1 aliphatic rings. The number of aromatic nitrogens is 2. The van der Waals surface area contributed by atoms with Crippen LogP contribution in [0.4, 0.5) is 5.95 Å². The lowest BCUT2D eigenvalue weighted by Crippen LogP contribution is -2.12. The number of nitrogen functional groups attached to an aromatic ring is 1. The number of hydrogen-bond donors (Lipinski definition) is 1. The van der Waals surface area contributed by atoms with Crippen molar-refractivity contribution in [2.24, 2.45) is 5.92 Å². The molecule has 1 saturated carbocycles. The van der Waals surface area contributed by atoms with Crippen LogP contribution >= 0.6 is 0 Å². The Hall–Kier alpha value is -1.71. The summed E-state index contributed by atoms with van der Waals surface area (Å²) in [5.41, 5.74) is 8.17. The molecule has 102 valence electrons. The number of nitrogens with two attached hydrogens (primary N) is 1. The monoisotopic (exact) mass is 259 g/mol. The van der Waals surface area contributed by atoms with Crippen molar-refractivity contribution < 1.29 is 4.74 Å². The Morgan fingerprint density at radius 2 is 2.26 bits per heavy atom. The zero-order valence-corrected chi connectivity index (χ0v) is 11.6. The van der Waals surface area contributed by atoms with E-state index in [1.165, 1.54) is 19.3 Å². The standard InChI is InChI=1S/C15H21N3O/c1-3-11(8-10-4-5-10)18-14-7-6-12(19-2)9-13(14)17-15(18)16/h6-7,9-11H,3-5,8H2,1-2H3,(H2,16,17). The number of rotatable bonds is 5. The van der Waals surface area contributed by atoms with Gasteiger partial charge in [0.25, 0.3) is 0 Å². The van der Waals surface area contributed by atoms with Gasteiger partial charge in [-0.25, -0.2) is 4.98 Å². The van der Waals surface area contributed by atoms with E-state index in [1.807, 2.05) is 12.1 Å². The Morgan fingerprint density at radius 1 is 1.47 bits per heavy atom. The number of ether oxygens (including phenoxy) is 1. The maximum atomic E-state index is 6.13. The van der Waals surface area contributed by atoms with E-state index < -0.39 is 0 Å². The van der Waals surface area contributed by atoms with E-state index in [9.17, 15) is 0 Å². The first kappa shape index (κ1) is 12.3. The summed E-state index contributed by atoms with van der Waals surface area (Å²) in [7, 11) is 1.67. The summed E-state index contributed by atoms with van der Waals surface area (Å²) in [6.07, 6.45) is 5.06. The molecule has 0 aliphatic heterocycles. The van der Waals surface area contributed by atoms with E-state index in [0.29, 0.717) is 12.0 Å². The third-order valence-corrected chi connectivity index (χ3v) is 4.06. The van der Waals surface area contributed by atoms with Crippen molar-refractivity contribution in [1.29, 1.82) is 0 Å². The highest BCUT2D eigenvalue weighted by atomic mass is 16.5. The quantitative estimate of drug-likeness (QED) is 0.895. The van der Waals surface area contributed by atoms with Crippen molar-refractivity contribution >= 4 is 17.0 Å². The van der Waals surface area contributed by atoms with Crippen LogP contribution in [0.5, 0.6) is 5.75 Å². The Kier molecular flexibility index (Phi) is 3.09. The van der Waals surface area contributed by atoms with Crippen LogP contribution in [0.25, 0.3) is 11.0 Å². The molecule has 2 aromatic rings. The summed E-state index contributed by atoms with van der Waals surface area (Å²) >= 11 is 0. The molecule has 1 fully saturated rings. The van der Waals surface area contributed by atoms with Crippen molar-refractivity contribution in [1.82, 2.24) is 9.55 Å². The molecule has 1 aliphatic carbocycles. The second-order valence-electron chi connectivity index (χ2n) is 5.44.